The summed E-state index contributed by atoms with van der Waals surface area (Å²) < 4.78 is 28.7. The number of fused-ring (bicyclic) bond motifs is 3. The Kier molecular flexibility index (Phi) is 4.75. The van der Waals surface area contributed by atoms with Crippen molar-refractivity contribution in [3.05, 3.63) is 40.2 Å². The molecule has 1 aliphatic carbocycles. The summed E-state index contributed by atoms with van der Waals surface area (Å²) in [6, 6.07) is 5.07. The van der Waals surface area contributed by atoms with E-state index in [9.17, 15) is 8.42 Å². The van der Waals surface area contributed by atoms with Crippen molar-refractivity contribution in [2.45, 2.75) is 30.4 Å². The quantitative estimate of drug-likeness (QED) is 0.315. The number of hydrogen-bond donors (Lipinski definition) is 3. The predicted octanol–water partition coefficient (Wildman–Crippen LogP) is 2.19. The number of hydrogen-bond acceptors (Lipinski definition) is 7. The van der Waals surface area contributed by atoms with Crippen molar-refractivity contribution >= 4 is 60.7 Å². The number of thiazole rings is 1. The topological polar surface area (TPSA) is 155 Å². The first-order valence-electron chi connectivity index (χ1n) is 8.67. The Morgan fingerprint density at radius 1 is 1.31 bits per heavy atom. The smallest absolute Gasteiger partial charge is 0.279 e. The van der Waals surface area contributed by atoms with E-state index in [1.165, 1.54) is 3.97 Å². The fourth-order valence-corrected chi connectivity index (χ4v) is 6.72. The van der Waals surface area contributed by atoms with E-state index in [-0.39, 0.29) is 15.3 Å². The lowest BCUT2D eigenvalue weighted by Gasteiger charge is -2.17. The Morgan fingerprint density at radius 2 is 2.07 bits per heavy atom. The molecule has 152 valence electrons. The van der Waals surface area contributed by atoms with Crippen LogP contribution in [0.25, 0.3) is 10.9 Å². The van der Waals surface area contributed by atoms with Crippen LogP contribution in [0.5, 0.6) is 0 Å². The largest absolute Gasteiger partial charge is 0.375 e. The van der Waals surface area contributed by atoms with Crippen molar-refractivity contribution in [3.63, 3.8) is 0 Å². The van der Waals surface area contributed by atoms with Gasteiger partial charge in [-0.15, -0.1) is 5.10 Å². The van der Waals surface area contributed by atoms with Crippen LogP contribution < -0.4 is 17.2 Å². The zero-order valence-electron chi connectivity index (χ0n) is 15.4. The third kappa shape index (κ3) is 3.24. The van der Waals surface area contributed by atoms with Gasteiger partial charge in [-0.3, -0.25) is 0 Å². The van der Waals surface area contributed by atoms with E-state index in [1.54, 1.807) is 25.1 Å². The van der Waals surface area contributed by atoms with Gasteiger partial charge in [0.1, 0.15) is 0 Å². The fraction of sp³-hybridized carbons (Fsp3) is 0.235. The Morgan fingerprint density at radius 3 is 2.72 bits per heavy atom. The third-order valence-electron chi connectivity index (χ3n) is 4.63. The van der Waals surface area contributed by atoms with Gasteiger partial charge in [-0.25, -0.2) is 8.96 Å². The molecule has 1 aromatic carbocycles. The number of nitrogens with zero attached hydrogens (tertiary/aromatic N) is 4. The maximum absolute atomic E-state index is 13.6. The molecular formula is C17H18ClN7O2S2. The number of rotatable bonds is 3. The number of nitrogen functional groups attached to an aromatic ring is 1. The summed E-state index contributed by atoms with van der Waals surface area (Å²) in [4.78, 5) is 4.07. The molecule has 0 saturated carbocycles. The molecule has 9 nitrogen and oxygen atoms in total. The number of benzene rings is 1. The Balaban J connectivity index is 2.08. The van der Waals surface area contributed by atoms with Gasteiger partial charge >= 0.3 is 0 Å². The normalized spacial score (nSPS) is 15.6. The van der Waals surface area contributed by atoms with E-state index < -0.39 is 10.0 Å². The van der Waals surface area contributed by atoms with Crippen LogP contribution in [0.3, 0.4) is 0 Å². The fourth-order valence-electron chi connectivity index (χ4n) is 3.60. The van der Waals surface area contributed by atoms with Gasteiger partial charge in [-0.05, 0) is 44.4 Å². The molecule has 0 atom stereocenters. The van der Waals surface area contributed by atoms with Gasteiger partial charge in [-0.1, -0.05) is 22.9 Å². The van der Waals surface area contributed by atoms with Crippen molar-refractivity contribution in [1.82, 2.24) is 8.96 Å². The second kappa shape index (κ2) is 7.01. The van der Waals surface area contributed by atoms with Gasteiger partial charge in [-0.2, -0.15) is 13.5 Å². The number of guanidine groups is 1. The minimum atomic E-state index is -3.93. The van der Waals surface area contributed by atoms with E-state index in [2.05, 4.69) is 15.2 Å². The second-order valence-electron chi connectivity index (χ2n) is 6.60. The summed E-state index contributed by atoms with van der Waals surface area (Å²) >= 11 is 7.16. The van der Waals surface area contributed by atoms with Crippen LogP contribution in [0.2, 0.25) is 5.02 Å². The SMILES string of the molecule is Cc1nc(N)sc1S(=O)(=O)n1c2c(c3cc(Cl)ccc31)/C(=N/N=C(N)N)CCC2. The van der Waals surface area contributed by atoms with Gasteiger partial charge in [0.2, 0.25) is 5.96 Å². The lowest BCUT2D eigenvalue weighted by Crippen LogP contribution is -2.23. The van der Waals surface area contributed by atoms with Crippen LogP contribution in [-0.4, -0.2) is 29.0 Å². The summed E-state index contributed by atoms with van der Waals surface area (Å²) in [5.74, 6) is -0.172. The molecule has 29 heavy (non-hydrogen) atoms. The summed E-state index contributed by atoms with van der Waals surface area (Å²) in [5, 5.41) is 9.30. The summed E-state index contributed by atoms with van der Waals surface area (Å²) in [6.45, 7) is 1.63. The van der Waals surface area contributed by atoms with Crippen molar-refractivity contribution < 1.29 is 8.42 Å². The van der Waals surface area contributed by atoms with Gasteiger partial charge in [0.05, 0.1) is 16.9 Å². The minimum absolute atomic E-state index is 0.109. The average Bonchev–Trinajstić information content (AvgIpc) is 3.17. The van der Waals surface area contributed by atoms with E-state index >= 15 is 0 Å². The first kappa shape index (κ1) is 19.7. The molecule has 0 aliphatic heterocycles. The first-order valence-corrected chi connectivity index (χ1v) is 11.3. The zero-order valence-corrected chi connectivity index (χ0v) is 17.8. The van der Waals surface area contributed by atoms with Crippen molar-refractivity contribution in [2.75, 3.05) is 5.73 Å². The van der Waals surface area contributed by atoms with E-state index in [0.717, 1.165) is 11.3 Å². The standard InChI is InChI=1S/C17H18ClN7O2S2/c1-8-15(28-17(21)22-8)29(26,27)25-12-6-5-9(18)7-10(12)14-11(23-24-16(19)20)3-2-4-13(14)25/h5-7H,2-4H2,1H3,(H2,21,22)(H4,19,20,24)/b23-11+. The lowest BCUT2D eigenvalue weighted by molar-refractivity contribution is 0.587. The molecule has 2 aromatic heterocycles. The molecule has 4 rings (SSSR count). The number of aryl methyl sites for hydroxylation is 1. The highest BCUT2D eigenvalue weighted by Crippen LogP contribution is 2.38. The molecule has 0 radical (unpaired) electrons. The van der Waals surface area contributed by atoms with E-state index in [0.29, 0.717) is 57.9 Å². The summed E-state index contributed by atoms with van der Waals surface area (Å²) in [6.07, 6.45) is 1.87. The minimum Gasteiger partial charge on any atom is -0.375 e. The average molecular weight is 452 g/mol. The Hall–Kier alpha value is -2.63. The zero-order chi connectivity index (χ0) is 20.9. The molecule has 2 heterocycles. The van der Waals surface area contributed by atoms with Crippen LogP contribution in [0.15, 0.2) is 32.6 Å². The van der Waals surface area contributed by atoms with E-state index in [1.807, 2.05) is 0 Å². The molecule has 1 aliphatic rings. The van der Waals surface area contributed by atoms with Crippen molar-refractivity contribution in [3.8, 4) is 0 Å². The first-order chi connectivity index (χ1) is 13.7. The Labute approximate surface area is 175 Å². The van der Waals surface area contributed by atoms with Crippen LogP contribution in [0.1, 0.15) is 29.8 Å². The van der Waals surface area contributed by atoms with Crippen LogP contribution in [0, 0.1) is 6.92 Å². The predicted molar refractivity (Wildman–Crippen MR) is 116 cm³/mol. The maximum atomic E-state index is 13.6. The molecule has 0 amide bonds. The molecule has 3 aromatic rings. The number of nitrogens with two attached hydrogens (primary N) is 3. The monoisotopic (exact) mass is 451 g/mol. The van der Waals surface area contributed by atoms with Crippen LogP contribution in [0.4, 0.5) is 5.13 Å². The third-order valence-corrected chi connectivity index (χ3v) is 8.19. The highest BCUT2D eigenvalue weighted by atomic mass is 35.5. The van der Waals surface area contributed by atoms with Gasteiger partial charge in [0, 0.05) is 21.7 Å². The maximum Gasteiger partial charge on any atom is 0.279 e. The second-order valence-corrected chi connectivity index (χ2v) is 10.1. The highest BCUT2D eigenvalue weighted by molar-refractivity contribution is 7.92. The summed E-state index contributed by atoms with van der Waals surface area (Å²) in [7, 11) is -3.93. The van der Waals surface area contributed by atoms with Crippen molar-refractivity contribution in [1.29, 1.82) is 0 Å². The molecule has 12 heteroatoms. The van der Waals surface area contributed by atoms with Gasteiger partial charge in [0.25, 0.3) is 10.0 Å². The van der Waals surface area contributed by atoms with Gasteiger partial charge in [0.15, 0.2) is 9.34 Å². The lowest BCUT2D eigenvalue weighted by atomic mass is 9.94. The van der Waals surface area contributed by atoms with Crippen LogP contribution >= 0.6 is 22.9 Å². The highest BCUT2D eigenvalue weighted by Gasteiger charge is 2.33. The summed E-state index contributed by atoms with van der Waals surface area (Å²) in [5.41, 5.74) is 19.4. The molecule has 0 spiro atoms. The molecular weight excluding hydrogens is 434 g/mol. The molecule has 0 saturated heterocycles. The molecule has 0 unspecified atom stereocenters. The van der Waals surface area contributed by atoms with E-state index in [4.69, 9.17) is 28.8 Å². The van der Waals surface area contributed by atoms with Gasteiger partial charge < -0.3 is 17.2 Å². The molecule has 0 bridgehead atoms. The van der Waals surface area contributed by atoms with Crippen molar-refractivity contribution in [2.24, 2.45) is 21.7 Å². The molecule has 6 N–H and O–H groups in total. The number of aromatic nitrogens is 2. The molecule has 0 fully saturated rings. The number of halogens is 1. The number of anilines is 1. The van der Waals surface area contributed by atoms with Crippen LogP contribution in [-0.2, 0) is 16.4 Å². The Bertz CT molecular complexity index is 1300.